The van der Waals surface area contributed by atoms with Gasteiger partial charge in [0.05, 0.1) is 6.42 Å². The predicted molar refractivity (Wildman–Crippen MR) is 111 cm³/mol. The van der Waals surface area contributed by atoms with Crippen molar-refractivity contribution in [3.63, 3.8) is 0 Å². The lowest BCUT2D eigenvalue weighted by Crippen LogP contribution is -2.11. The third-order valence-electron chi connectivity index (χ3n) is 5.37. The molecule has 1 aromatic heterocycles. The normalized spacial score (nSPS) is 13.7. The predicted octanol–water partition coefficient (Wildman–Crippen LogP) is 4.80. The number of ketones is 1. The van der Waals surface area contributed by atoms with Crippen LogP contribution in [0.5, 0.6) is 0 Å². The lowest BCUT2D eigenvalue weighted by atomic mass is 10.0. The maximum atomic E-state index is 12.4. The first-order valence-electron chi connectivity index (χ1n) is 10.2. The van der Waals surface area contributed by atoms with E-state index in [1.54, 1.807) is 6.92 Å². The molecule has 0 unspecified atom stereocenters. The number of Topliss-reactive ketones (excluding diaryl/α,β-unsaturated/α-hetero) is 1. The van der Waals surface area contributed by atoms with E-state index in [-0.39, 0.29) is 24.5 Å². The van der Waals surface area contributed by atoms with E-state index >= 15 is 0 Å². The van der Waals surface area contributed by atoms with Gasteiger partial charge in [-0.2, -0.15) is 0 Å². The van der Waals surface area contributed by atoms with E-state index in [4.69, 9.17) is 9.15 Å². The van der Waals surface area contributed by atoms with Crippen LogP contribution in [0.15, 0.2) is 46.9 Å². The zero-order chi connectivity index (χ0) is 21.1. The Kier molecular flexibility index (Phi) is 5.74. The number of nitrogens with zero attached hydrogens (tertiary/aromatic N) is 2. The zero-order valence-corrected chi connectivity index (χ0v) is 17.2. The fourth-order valence-electron chi connectivity index (χ4n) is 3.62. The van der Waals surface area contributed by atoms with Gasteiger partial charge in [-0.25, -0.2) is 0 Å². The van der Waals surface area contributed by atoms with Crippen LogP contribution in [-0.4, -0.2) is 21.9 Å². The van der Waals surface area contributed by atoms with Gasteiger partial charge in [0.1, 0.15) is 0 Å². The van der Waals surface area contributed by atoms with Crippen LogP contribution in [0.1, 0.15) is 65.2 Å². The number of hydrogen-bond acceptors (Lipinski definition) is 6. The fourth-order valence-corrected chi connectivity index (χ4v) is 3.62. The monoisotopic (exact) mass is 404 g/mol. The van der Waals surface area contributed by atoms with Crippen molar-refractivity contribution >= 4 is 11.8 Å². The highest BCUT2D eigenvalue weighted by molar-refractivity contribution is 5.97. The number of carbonyl (C=O) groups is 2. The lowest BCUT2D eigenvalue weighted by molar-refractivity contribution is -0.149. The molecule has 30 heavy (non-hydrogen) atoms. The lowest BCUT2D eigenvalue weighted by Gasteiger charge is -2.09. The molecule has 0 radical (unpaired) electrons. The average molecular weight is 404 g/mol. The van der Waals surface area contributed by atoms with Crippen LogP contribution < -0.4 is 0 Å². The molecule has 1 atom stereocenters. The SMILES string of the molecule is Cc1ccc(-c2nnc([C@@H](C)OC(=O)CCC(=O)c3ccc4c(c3)CCC4)o2)cc1. The van der Waals surface area contributed by atoms with Crippen molar-refractivity contribution in [3.8, 4) is 11.5 Å². The molecule has 4 rings (SSSR count). The van der Waals surface area contributed by atoms with Gasteiger partial charge in [-0.15, -0.1) is 10.2 Å². The Bertz CT molecular complexity index is 1070. The van der Waals surface area contributed by atoms with Crippen LogP contribution in [0, 0.1) is 6.92 Å². The van der Waals surface area contributed by atoms with Crippen molar-refractivity contribution in [2.75, 3.05) is 0 Å². The number of esters is 1. The largest absolute Gasteiger partial charge is 0.453 e. The van der Waals surface area contributed by atoms with E-state index in [0.717, 1.165) is 30.4 Å². The van der Waals surface area contributed by atoms with Crippen molar-refractivity contribution in [2.45, 2.75) is 52.1 Å². The Morgan fingerprint density at radius 2 is 1.80 bits per heavy atom. The van der Waals surface area contributed by atoms with Gasteiger partial charge in [-0.1, -0.05) is 29.8 Å². The first-order valence-corrected chi connectivity index (χ1v) is 10.2. The second-order valence-corrected chi connectivity index (χ2v) is 7.70. The second-order valence-electron chi connectivity index (χ2n) is 7.70. The Morgan fingerprint density at radius 3 is 2.60 bits per heavy atom. The number of benzene rings is 2. The molecule has 0 saturated carbocycles. The topological polar surface area (TPSA) is 82.3 Å². The molecule has 0 aliphatic heterocycles. The fraction of sp³-hybridized carbons (Fsp3) is 0.333. The molecule has 0 fully saturated rings. The molecule has 0 bridgehead atoms. The zero-order valence-electron chi connectivity index (χ0n) is 17.2. The molecule has 6 heteroatoms. The Morgan fingerprint density at radius 1 is 1.03 bits per heavy atom. The number of fused-ring (bicyclic) bond motifs is 1. The molecule has 3 aromatic rings. The van der Waals surface area contributed by atoms with Crippen molar-refractivity contribution < 1.29 is 18.7 Å². The van der Waals surface area contributed by atoms with Gasteiger partial charge in [0.2, 0.25) is 5.89 Å². The molecular formula is C24H24N2O4. The van der Waals surface area contributed by atoms with Gasteiger partial charge in [0.25, 0.3) is 5.89 Å². The van der Waals surface area contributed by atoms with E-state index in [1.165, 1.54) is 11.1 Å². The molecule has 0 spiro atoms. The van der Waals surface area contributed by atoms with Crippen LogP contribution in [0.4, 0.5) is 0 Å². The quantitative estimate of drug-likeness (QED) is 0.415. The first-order chi connectivity index (χ1) is 14.5. The molecular weight excluding hydrogens is 380 g/mol. The Hall–Kier alpha value is -3.28. The number of carbonyl (C=O) groups excluding carboxylic acids is 2. The second kappa shape index (κ2) is 8.61. The minimum Gasteiger partial charge on any atom is -0.453 e. The van der Waals surface area contributed by atoms with Gasteiger partial charge in [-0.3, -0.25) is 9.59 Å². The summed E-state index contributed by atoms with van der Waals surface area (Å²) in [6.45, 7) is 3.67. The van der Waals surface area contributed by atoms with Crippen molar-refractivity contribution in [3.05, 3.63) is 70.6 Å². The van der Waals surface area contributed by atoms with Crippen LogP contribution in [0.3, 0.4) is 0 Å². The van der Waals surface area contributed by atoms with Crippen LogP contribution in [-0.2, 0) is 22.4 Å². The number of ether oxygens (including phenoxy) is 1. The van der Waals surface area contributed by atoms with Gasteiger partial charge in [-0.05, 0) is 62.4 Å². The number of aryl methyl sites for hydroxylation is 3. The highest BCUT2D eigenvalue weighted by Gasteiger charge is 2.20. The molecule has 154 valence electrons. The Balaban J connectivity index is 1.30. The third kappa shape index (κ3) is 4.48. The number of hydrogen-bond donors (Lipinski definition) is 0. The minimum absolute atomic E-state index is 0.0131. The first kappa shape index (κ1) is 20.0. The highest BCUT2D eigenvalue weighted by Crippen LogP contribution is 2.25. The summed E-state index contributed by atoms with van der Waals surface area (Å²) in [7, 11) is 0. The molecule has 0 saturated heterocycles. The van der Waals surface area contributed by atoms with E-state index in [2.05, 4.69) is 10.2 Å². The average Bonchev–Trinajstić information content (AvgIpc) is 3.41. The summed E-state index contributed by atoms with van der Waals surface area (Å²) in [5.41, 5.74) is 5.17. The maximum Gasteiger partial charge on any atom is 0.307 e. The number of rotatable bonds is 7. The van der Waals surface area contributed by atoms with E-state index in [0.29, 0.717) is 11.5 Å². The summed E-state index contributed by atoms with van der Waals surface area (Å²) in [6.07, 6.45) is 2.68. The van der Waals surface area contributed by atoms with Crippen LogP contribution in [0.2, 0.25) is 0 Å². The van der Waals surface area contributed by atoms with Gasteiger partial charge in [0, 0.05) is 17.5 Å². The summed E-state index contributed by atoms with van der Waals surface area (Å²) in [5.74, 6) is 0.0874. The molecule has 0 N–H and O–H groups in total. The smallest absolute Gasteiger partial charge is 0.307 e. The maximum absolute atomic E-state index is 12.4. The number of aromatic nitrogens is 2. The molecule has 2 aromatic carbocycles. The third-order valence-corrected chi connectivity index (χ3v) is 5.37. The molecule has 0 amide bonds. The molecule has 1 heterocycles. The van der Waals surface area contributed by atoms with Gasteiger partial charge < -0.3 is 9.15 Å². The molecule has 1 aliphatic carbocycles. The van der Waals surface area contributed by atoms with Gasteiger partial charge >= 0.3 is 5.97 Å². The standard InChI is InChI=1S/C24H24N2O4/c1-15-6-8-18(9-7-15)24-26-25-23(30-24)16(2)29-22(28)13-12-21(27)20-11-10-17-4-3-5-19(17)14-20/h6-11,14,16H,3-5,12-13H2,1-2H3/t16-/m1/s1. The summed E-state index contributed by atoms with van der Waals surface area (Å²) in [6, 6.07) is 13.6. The summed E-state index contributed by atoms with van der Waals surface area (Å²) in [4.78, 5) is 24.6. The Labute approximate surface area is 175 Å². The van der Waals surface area contributed by atoms with E-state index in [9.17, 15) is 9.59 Å². The van der Waals surface area contributed by atoms with Crippen LogP contribution in [0.25, 0.3) is 11.5 Å². The van der Waals surface area contributed by atoms with E-state index < -0.39 is 12.1 Å². The van der Waals surface area contributed by atoms with Crippen LogP contribution >= 0.6 is 0 Å². The van der Waals surface area contributed by atoms with E-state index in [1.807, 2.05) is 49.4 Å². The molecule has 6 nitrogen and oxygen atoms in total. The molecule has 1 aliphatic rings. The van der Waals surface area contributed by atoms with Crippen molar-refractivity contribution in [2.24, 2.45) is 0 Å². The summed E-state index contributed by atoms with van der Waals surface area (Å²) < 4.78 is 11.0. The highest BCUT2D eigenvalue weighted by atomic mass is 16.6. The minimum atomic E-state index is -0.681. The summed E-state index contributed by atoms with van der Waals surface area (Å²) in [5, 5.41) is 8.01. The van der Waals surface area contributed by atoms with Crippen molar-refractivity contribution in [1.29, 1.82) is 0 Å². The van der Waals surface area contributed by atoms with Crippen molar-refractivity contribution in [1.82, 2.24) is 10.2 Å². The summed E-state index contributed by atoms with van der Waals surface area (Å²) >= 11 is 0. The van der Waals surface area contributed by atoms with Gasteiger partial charge in [0.15, 0.2) is 11.9 Å².